The van der Waals surface area contributed by atoms with E-state index in [9.17, 15) is 19.8 Å². The SMILES string of the molecule is C1CCC1.C=C1C(C(N)=O)=C(O)C[C@@H]2CC3Cc4c(Cl)c(CN(C)CC5CCCCCC5)cc(O)c4C(=O)C3=C3O[C@]132.CNC. The number of epoxide rings is 1. The van der Waals surface area contributed by atoms with E-state index < -0.39 is 11.5 Å². The third-order valence-electron chi connectivity index (χ3n) is 10.4. The average molecular weight is 640 g/mol. The Bertz CT molecular complexity index is 1400. The molecule has 1 aromatic carbocycles. The Hall–Kier alpha value is -2.81. The highest BCUT2D eigenvalue weighted by Gasteiger charge is 2.69. The number of nitrogens with one attached hydrogen (secondary N) is 1. The van der Waals surface area contributed by atoms with Crippen molar-refractivity contribution in [2.75, 3.05) is 27.7 Å². The van der Waals surface area contributed by atoms with Crippen LogP contribution in [0.2, 0.25) is 5.02 Å². The number of nitrogens with two attached hydrogens (primary N) is 1. The van der Waals surface area contributed by atoms with Gasteiger partial charge >= 0.3 is 0 Å². The smallest absolute Gasteiger partial charge is 0.252 e. The number of nitrogens with zero attached hydrogens (tertiary/aromatic N) is 1. The van der Waals surface area contributed by atoms with Gasteiger partial charge in [0.05, 0.1) is 11.1 Å². The van der Waals surface area contributed by atoms with Gasteiger partial charge in [0.1, 0.15) is 11.5 Å². The third-order valence-corrected chi connectivity index (χ3v) is 10.9. The van der Waals surface area contributed by atoms with Crippen molar-refractivity contribution in [2.45, 2.75) is 95.6 Å². The second-order valence-electron chi connectivity index (χ2n) is 13.8. The number of aliphatic hydroxyl groups is 1. The van der Waals surface area contributed by atoms with Gasteiger partial charge in [-0.15, -0.1) is 0 Å². The molecule has 6 aliphatic rings. The quantitative estimate of drug-likeness (QED) is 0.214. The van der Waals surface area contributed by atoms with Crippen LogP contribution >= 0.6 is 11.6 Å². The predicted molar refractivity (Wildman–Crippen MR) is 177 cm³/mol. The number of aromatic hydroxyl groups is 1. The van der Waals surface area contributed by atoms with Gasteiger partial charge in [0.2, 0.25) is 0 Å². The van der Waals surface area contributed by atoms with Crippen molar-refractivity contribution < 1.29 is 24.5 Å². The maximum absolute atomic E-state index is 13.8. The van der Waals surface area contributed by atoms with Gasteiger partial charge in [-0.1, -0.05) is 69.5 Å². The standard InChI is InChI=1S/C30H35ClN2O5.C4H8.C2H7N/c1-15-23(29(32)37)22(35)12-19-9-17-10-20-25(27(36)24(17)28-30(15,19)38-28)21(34)11-18(26(20)31)14-33(2)13-16-7-5-3-4-6-8-16;1-2-4-3-1;1-3-2/h11,16-17,19,34-35H,1,3-10,12-14H2,2H3,(H2,32,37);1-4H2;3H,1-2H3/t17?,19-,30-;;/m0../s1. The number of carbonyl (C=O) groups is 2. The van der Waals surface area contributed by atoms with E-state index in [0.29, 0.717) is 52.8 Å². The molecule has 3 atom stereocenters. The van der Waals surface area contributed by atoms with Crippen LogP contribution in [-0.4, -0.2) is 60.1 Å². The molecule has 1 aliphatic heterocycles. The topological polar surface area (TPSA) is 128 Å². The number of aliphatic hydroxyl groups excluding tert-OH is 1. The van der Waals surface area contributed by atoms with Crippen molar-refractivity contribution in [3.05, 3.63) is 62.6 Å². The molecule has 2 saturated carbocycles. The number of amides is 1. The van der Waals surface area contributed by atoms with Gasteiger partial charge < -0.3 is 30.9 Å². The lowest BCUT2D eigenvalue weighted by Crippen LogP contribution is -2.41. The summed E-state index contributed by atoms with van der Waals surface area (Å²) in [6.45, 7) is 5.62. The van der Waals surface area contributed by atoms with Crippen molar-refractivity contribution in [1.82, 2.24) is 10.2 Å². The van der Waals surface area contributed by atoms with Crippen LogP contribution < -0.4 is 11.1 Å². The summed E-state index contributed by atoms with van der Waals surface area (Å²) in [5.74, 6) is -0.324. The van der Waals surface area contributed by atoms with Crippen LogP contribution in [-0.2, 0) is 22.5 Å². The van der Waals surface area contributed by atoms with E-state index in [-0.39, 0.29) is 46.7 Å². The Morgan fingerprint density at radius 3 is 2.29 bits per heavy atom. The van der Waals surface area contributed by atoms with E-state index in [1.54, 1.807) is 6.07 Å². The minimum atomic E-state index is -0.977. The number of phenolic OH excluding ortho intramolecular Hbond substituents is 1. The number of allylic oxidation sites excluding steroid dienone is 2. The molecule has 0 radical (unpaired) electrons. The Balaban J connectivity index is 0.000000514. The van der Waals surface area contributed by atoms with Crippen LogP contribution in [0.4, 0.5) is 0 Å². The lowest BCUT2D eigenvalue weighted by atomic mass is 9.62. The first kappa shape index (κ1) is 33.6. The summed E-state index contributed by atoms with van der Waals surface area (Å²) in [7, 11) is 5.84. The molecule has 1 heterocycles. The molecule has 1 spiro atoms. The number of benzene rings is 1. The highest BCUT2D eigenvalue weighted by Crippen LogP contribution is 2.66. The van der Waals surface area contributed by atoms with E-state index in [1.165, 1.54) is 64.2 Å². The lowest BCUT2D eigenvalue weighted by Gasteiger charge is -2.37. The van der Waals surface area contributed by atoms with E-state index in [2.05, 4.69) is 23.8 Å². The molecule has 3 fully saturated rings. The van der Waals surface area contributed by atoms with Gasteiger partial charge in [-0.3, -0.25) is 9.59 Å². The number of hydrogen-bond donors (Lipinski definition) is 4. The molecule has 0 aromatic heterocycles. The maximum Gasteiger partial charge on any atom is 0.252 e. The minimum absolute atomic E-state index is 0.0116. The van der Waals surface area contributed by atoms with Gasteiger partial charge in [-0.05, 0) is 75.9 Å². The van der Waals surface area contributed by atoms with E-state index >= 15 is 0 Å². The summed E-state index contributed by atoms with van der Waals surface area (Å²) in [6, 6.07) is 1.63. The van der Waals surface area contributed by atoms with E-state index in [4.69, 9.17) is 22.1 Å². The first-order valence-corrected chi connectivity index (χ1v) is 17.1. The van der Waals surface area contributed by atoms with E-state index in [0.717, 1.165) is 12.1 Å². The molecule has 1 saturated heterocycles. The summed E-state index contributed by atoms with van der Waals surface area (Å²) >= 11 is 6.94. The number of halogens is 1. The summed E-state index contributed by atoms with van der Waals surface area (Å²) < 4.78 is 6.08. The molecule has 7 rings (SSSR count). The largest absolute Gasteiger partial charge is 0.511 e. The molecule has 9 heteroatoms. The molecular weight excluding hydrogens is 590 g/mol. The molecule has 5 aliphatic carbocycles. The zero-order valence-electron chi connectivity index (χ0n) is 27.1. The number of ketones is 1. The number of primary amides is 1. The number of phenols is 1. The van der Waals surface area contributed by atoms with E-state index in [1.807, 2.05) is 14.1 Å². The fourth-order valence-corrected chi connectivity index (χ4v) is 8.18. The van der Waals surface area contributed by atoms with Crippen molar-refractivity contribution in [3.63, 3.8) is 0 Å². The highest BCUT2D eigenvalue weighted by molar-refractivity contribution is 6.33. The fraction of sp³-hybridized carbons (Fsp3) is 0.611. The molecular formula is C36H50ClN3O5. The number of fused-ring (bicyclic) bond motifs is 2. The van der Waals surface area contributed by atoms with Gasteiger partial charge in [0, 0.05) is 41.6 Å². The number of Topliss-reactive ketones (excluding diaryl/α,β-unsaturated/α-hetero) is 1. The average Bonchev–Trinajstić information content (AvgIpc) is 3.72. The molecule has 1 unspecified atom stereocenters. The van der Waals surface area contributed by atoms with Crippen LogP contribution in [0, 0.1) is 17.8 Å². The number of ether oxygens (including phenoxy) is 1. The lowest BCUT2D eigenvalue weighted by molar-refractivity contribution is -0.114. The third kappa shape index (κ3) is 6.43. The monoisotopic (exact) mass is 639 g/mol. The van der Waals surface area contributed by atoms with Gasteiger partial charge in [-0.25, -0.2) is 0 Å². The van der Waals surface area contributed by atoms with Crippen molar-refractivity contribution in [1.29, 1.82) is 0 Å². The van der Waals surface area contributed by atoms with Crippen molar-refractivity contribution in [2.24, 2.45) is 23.5 Å². The minimum Gasteiger partial charge on any atom is -0.511 e. The van der Waals surface area contributed by atoms with Crippen LogP contribution in [0.3, 0.4) is 0 Å². The molecule has 246 valence electrons. The summed E-state index contributed by atoms with van der Waals surface area (Å²) in [4.78, 5) is 28.1. The zero-order valence-corrected chi connectivity index (χ0v) is 27.9. The number of hydrogen-bond acceptors (Lipinski definition) is 7. The zero-order chi connectivity index (χ0) is 32.5. The molecule has 5 N–H and O–H groups in total. The van der Waals surface area contributed by atoms with Gasteiger partial charge in [-0.2, -0.15) is 0 Å². The molecule has 1 aromatic rings. The summed E-state index contributed by atoms with van der Waals surface area (Å²) in [5, 5.41) is 24.9. The van der Waals surface area contributed by atoms with Crippen LogP contribution in [0.5, 0.6) is 5.75 Å². The first-order chi connectivity index (χ1) is 21.5. The van der Waals surface area contributed by atoms with Crippen LogP contribution in [0.1, 0.15) is 98.5 Å². The first-order valence-electron chi connectivity index (χ1n) is 16.7. The predicted octanol–water partition coefficient (Wildman–Crippen LogP) is 6.50. The number of carbonyl (C=O) groups excluding carboxylic acids is 2. The van der Waals surface area contributed by atoms with Gasteiger partial charge in [0.15, 0.2) is 17.1 Å². The highest BCUT2D eigenvalue weighted by atomic mass is 35.5. The molecule has 0 bridgehead atoms. The van der Waals surface area contributed by atoms with Crippen LogP contribution in [0.15, 0.2) is 40.9 Å². The molecule has 45 heavy (non-hydrogen) atoms. The summed E-state index contributed by atoms with van der Waals surface area (Å²) in [6.07, 6.45) is 15.0. The van der Waals surface area contributed by atoms with Crippen LogP contribution in [0.25, 0.3) is 0 Å². The molecule has 8 nitrogen and oxygen atoms in total. The van der Waals surface area contributed by atoms with Crippen molar-refractivity contribution in [3.8, 4) is 5.75 Å². The fourth-order valence-electron chi connectivity index (χ4n) is 7.90. The number of rotatable bonds is 5. The second kappa shape index (κ2) is 13.9. The Morgan fingerprint density at radius 2 is 1.71 bits per heavy atom. The normalized spacial score (nSPS) is 26.9. The maximum atomic E-state index is 13.8. The summed E-state index contributed by atoms with van der Waals surface area (Å²) in [5.41, 5.74) is 7.10. The van der Waals surface area contributed by atoms with Gasteiger partial charge in [0.25, 0.3) is 5.91 Å². The Labute approximate surface area is 272 Å². The van der Waals surface area contributed by atoms with Crippen molar-refractivity contribution >= 4 is 23.3 Å². The Morgan fingerprint density at radius 1 is 1.11 bits per heavy atom. The molecule has 1 amide bonds. The Kier molecular flexibility index (Phi) is 10.4. The second-order valence-corrected chi connectivity index (χ2v) is 14.2.